The maximum atomic E-state index is 12.8. The molecule has 1 saturated heterocycles. The Kier molecular flexibility index (Phi) is 4.68. The van der Waals surface area contributed by atoms with Crippen molar-refractivity contribution in [1.29, 1.82) is 0 Å². The minimum absolute atomic E-state index is 0.117. The molecule has 1 N–H and O–H groups in total. The second-order valence-electron chi connectivity index (χ2n) is 7.33. The van der Waals surface area contributed by atoms with Gasteiger partial charge in [-0.15, -0.1) is 0 Å². The maximum absolute atomic E-state index is 12.8. The van der Waals surface area contributed by atoms with Crippen LogP contribution in [0.5, 0.6) is 0 Å². The summed E-state index contributed by atoms with van der Waals surface area (Å²) in [6.45, 7) is 6.15. The molecule has 0 aromatic heterocycles. The van der Waals surface area contributed by atoms with E-state index < -0.39 is 0 Å². The van der Waals surface area contributed by atoms with Crippen molar-refractivity contribution >= 4 is 6.09 Å². The number of ether oxygens (including phenoxy) is 1. The first-order valence-electron chi connectivity index (χ1n) is 9.54. The van der Waals surface area contributed by atoms with Crippen LogP contribution in [0.1, 0.15) is 37.3 Å². The number of nitrogens with zero attached hydrogens (tertiary/aromatic N) is 1. The quantitative estimate of drug-likeness (QED) is 0.909. The van der Waals surface area contributed by atoms with Gasteiger partial charge in [0.15, 0.2) is 0 Å². The van der Waals surface area contributed by atoms with Gasteiger partial charge in [0.25, 0.3) is 0 Å². The fourth-order valence-electron chi connectivity index (χ4n) is 4.22. The molecular formula is C22H26N2O2. The lowest BCUT2D eigenvalue weighted by Gasteiger charge is -2.38. The van der Waals surface area contributed by atoms with Crippen molar-refractivity contribution in [2.24, 2.45) is 0 Å². The number of hydrogen-bond acceptors (Lipinski definition) is 3. The Bertz CT molecular complexity index is 759. The minimum Gasteiger partial charge on any atom is -0.448 e. The molecule has 136 valence electrons. The lowest BCUT2D eigenvalue weighted by atomic mass is 9.98. The molecule has 0 radical (unpaired) electrons. The minimum atomic E-state index is -0.188. The van der Waals surface area contributed by atoms with Gasteiger partial charge in [0, 0.05) is 31.1 Å². The van der Waals surface area contributed by atoms with Crippen LogP contribution in [-0.4, -0.2) is 42.8 Å². The number of amides is 1. The molecule has 2 aliphatic rings. The predicted octanol–water partition coefficient (Wildman–Crippen LogP) is 4.01. The summed E-state index contributed by atoms with van der Waals surface area (Å²) < 4.78 is 5.82. The summed E-state index contributed by atoms with van der Waals surface area (Å²) in [5.41, 5.74) is 5.02. The zero-order valence-electron chi connectivity index (χ0n) is 15.4. The molecule has 0 saturated carbocycles. The van der Waals surface area contributed by atoms with E-state index in [0.29, 0.717) is 19.2 Å². The standard InChI is InChI=1S/C22H26N2O2/c1-3-16-12-23-15(2)13-24(16)22(25)26-14-21-19-10-6-4-8-17(19)18-9-5-7-11-20(18)21/h4-11,15-16,21,23H,3,12-14H2,1-2H3/t15-,16+/m0/s1. The van der Waals surface area contributed by atoms with Crippen LogP contribution >= 0.6 is 0 Å². The molecular weight excluding hydrogens is 324 g/mol. The van der Waals surface area contributed by atoms with E-state index in [1.165, 1.54) is 22.3 Å². The highest BCUT2D eigenvalue weighted by atomic mass is 16.6. The van der Waals surface area contributed by atoms with E-state index in [0.717, 1.165) is 13.0 Å². The van der Waals surface area contributed by atoms with Gasteiger partial charge in [-0.2, -0.15) is 0 Å². The molecule has 1 aliphatic carbocycles. The Labute approximate surface area is 155 Å². The fourth-order valence-corrected chi connectivity index (χ4v) is 4.22. The van der Waals surface area contributed by atoms with Gasteiger partial charge in [-0.05, 0) is 35.6 Å². The molecule has 4 nitrogen and oxygen atoms in total. The summed E-state index contributed by atoms with van der Waals surface area (Å²) in [6, 6.07) is 17.4. The van der Waals surface area contributed by atoms with Gasteiger partial charge in [0.1, 0.15) is 6.61 Å². The van der Waals surface area contributed by atoms with Gasteiger partial charge in [0.05, 0.1) is 0 Å². The average Bonchev–Trinajstić information content (AvgIpc) is 3.00. The van der Waals surface area contributed by atoms with E-state index in [2.05, 4.69) is 67.7 Å². The van der Waals surface area contributed by atoms with Crippen LogP contribution < -0.4 is 5.32 Å². The van der Waals surface area contributed by atoms with Crippen LogP contribution in [0.2, 0.25) is 0 Å². The summed E-state index contributed by atoms with van der Waals surface area (Å²) in [7, 11) is 0. The van der Waals surface area contributed by atoms with E-state index in [-0.39, 0.29) is 18.1 Å². The SMILES string of the molecule is CC[C@@H]1CN[C@@H](C)CN1C(=O)OCC1c2ccccc2-c2ccccc21. The van der Waals surface area contributed by atoms with Gasteiger partial charge in [-0.3, -0.25) is 0 Å². The van der Waals surface area contributed by atoms with Gasteiger partial charge in [0.2, 0.25) is 0 Å². The lowest BCUT2D eigenvalue weighted by molar-refractivity contribution is 0.0667. The summed E-state index contributed by atoms with van der Waals surface area (Å²) in [4.78, 5) is 14.7. The van der Waals surface area contributed by atoms with E-state index in [1.54, 1.807) is 0 Å². The first-order valence-corrected chi connectivity index (χ1v) is 9.54. The molecule has 1 amide bonds. The first-order chi connectivity index (χ1) is 12.7. The molecule has 1 heterocycles. The molecule has 26 heavy (non-hydrogen) atoms. The van der Waals surface area contributed by atoms with Crippen LogP contribution in [0.3, 0.4) is 0 Å². The van der Waals surface area contributed by atoms with E-state index >= 15 is 0 Å². The molecule has 2 aromatic carbocycles. The Hall–Kier alpha value is -2.33. The molecule has 1 fully saturated rings. The van der Waals surface area contributed by atoms with Crippen LogP contribution in [-0.2, 0) is 4.74 Å². The summed E-state index contributed by atoms with van der Waals surface area (Å²) in [6.07, 6.45) is 0.747. The molecule has 0 unspecified atom stereocenters. The zero-order chi connectivity index (χ0) is 18.1. The number of fused-ring (bicyclic) bond motifs is 3. The summed E-state index contributed by atoms with van der Waals surface area (Å²) in [5, 5.41) is 3.44. The van der Waals surface area contributed by atoms with Crippen molar-refractivity contribution < 1.29 is 9.53 Å². The van der Waals surface area contributed by atoms with Crippen molar-refractivity contribution in [2.45, 2.75) is 38.3 Å². The van der Waals surface area contributed by atoms with Crippen LogP contribution in [0, 0.1) is 0 Å². The molecule has 2 aromatic rings. The molecule has 2 atom stereocenters. The van der Waals surface area contributed by atoms with Crippen molar-refractivity contribution in [3.8, 4) is 11.1 Å². The zero-order valence-corrected chi connectivity index (χ0v) is 15.4. The summed E-state index contributed by atoms with van der Waals surface area (Å²) >= 11 is 0. The molecule has 4 heteroatoms. The highest BCUT2D eigenvalue weighted by Crippen LogP contribution is 2.44. The van der Waals surface area contributed by atoms with Crippen molar-refractivity contribution in [3.05, 3.63) is 59.7 Å². The Morgan fingerprint density at radius 1 is 1.12 bits per heavy atom. The van der Waals surface area contributed by atoms with Gasteiger partial charge >= 0.3 is 6.09 Å². The van der Waals surface area contributed by atoms with Gasteiger partial charge in [-0.25, -0.2) is 4.79 Å². The first kappa shape index (κ1) is 17.1. The number of benzene rings is 2. The molecule has 0 bridgehead atoms. The maximum Gasteiger partial charge on any atom is 0.410 e. The molecule has 1 aliphatic heterocycles. The van der Waals surface area contributed by atoms with Crippen LogP contribution in [0.25, 0.3) is 11.1 Å². The number of piperazine rings is 1. The Balaban J connectivity index is 1.52. The van der Waals surface area contributed by atoms with Crippen molar-refractivity contribution in [3.63, 3.8) is 0 Å². The fraction of sp³-hybridized carbons (Fsp3) is 0.409. The third-order valence-corrected chi connectivity index (χ3v) is 5.66. The third kappa shape index (κ3) is 2.99. The highest BCUT2D eigenvalue weighted by molar-refractivity contribution is 5.79. The van der Waals surface area contributed by atoms with E-state index in [9.17, 15) is 4.79 Å². The summed E-state index contributed by atoms with van der Waals surface area (Å²) in [5.74, 6) is 0.117. The number of carbonyl (C=O) groups excluding carboxylic acids is 1. The Morgan fingerprint density at radius 2 is 1.73 bits per heavy atom. The number of rotatable bonds is 3. The average molecular weight is 350 g/mol. The van der Waals surface area contributed by atoms with Gasteiger partial charge in [-0.1, -0.05) is 55.5 Å². The normalized spacial score (nSPS) is 22.0. The molecule has 4 rings (SSSR count). The highest BCUT2D eigenvalue weighted by Gasteiger charge is 2.32. The number of carbonyl (C=O) groups is 1. The third-order valence-electron chi connectivity index (χ3n) is 5.66. The van der Waals surface area contributed by atoms with Crippen molar-refractivity contribution in [1.82, 2.24) is 10.2 Å². The number of hydrogen-bond donors (Lipinski definition) is 1. The lowest BCUT2D eigenvalue weighted by Crippen LogP contribution is -2.57. The van der Waals surface area contributed by atoms with E-state index in [4.69, 9.17) is 4.74 Å². The number of nitrogens with one attached hydrogen (secondary N) is 1. The largest absolute Gasteiger partial charge is 0.448 e. The van der Waals surface area contributed by atoms with E-state index in [1.807, 2.05) is 4.90 Å². The van der Waals surface area contributed by atoms with Crippen LogP contribution in [0.4, 0.5) is 4.79 Å². The van der Waals surface area contributed by atoms with Crippen LogP contribution in [0.15, 0.2) is 48.5 Å². The second-order valence-corrected chi connectivity index (χ2v) is 7.33. The monoisotopic (exact) mass is 350 g/mol. The smallest absolute Gasteiger partial charge is 0.410 e. The molecule has 0 spiro atoms. The second kappa shape index (κ2) is 7.12. The van der Waals surface area contributed by atoms with Crippen molar-refractivity contribution in [2.75, 3.05) is 19.7 Å². The van der Waals surface area contributed by atoms with Gasteiger partial charge < -0.3 is 15.0 Å². The predicted molar refractivity (Wildman–Crippen MR) is 103 cm³/mol. The topological polar surface area (TPSA) is 41.6 Å². The Morgan fingerprint density at radius 3 is 2.35 bits per heavy atom.